The number of methoxy groups -OCH3 is 1. The van der Waals surface area contributed by atoms with Crippen molar-refractivity contribution in [1.29, 1.82) is 0 Å². The Labute approximate surface area is 116 Å². The first-order valence-electron chi connectivity index (χ1n) is 6.24. The molecule has 0 N–H and O–H groups in total. The molecule has 1 fully saturated rings. The number of hydrogen-bond acceptors (Lipinski definition) is 5. The number of amides is 2. The molecule has 1 aliphatic heterocycles. The van der Waals surface area contributed by atoms with Gasteiger partial charge in [0.1, 0.15) is 12.6 Å². The fourth-order valence-electron chi connectivity index (χ4n) is 2.06. The van der Waals surface area contributed by atoms with E-state index in [1.807, 2.05) is 18.2 Å². The molecule has 1 saturated heterocycles. The summed E-state index contributed by atoms with van der Waals surface area (Å²) in [5, 5.41) is 0. The zero-order valence-corrected chi connectivity index (χ0v) is 11.1. The molecule has 6 heteroatoms. The summed E-state index contributed by atoms with van der Waals surface area (Å²) in [5.74, 6) is -1.02. The minimum absolute atomic E-state index is 0.0529. The molecular formula is C14H15NO5. The molecule has 0 spiro atoms. The van der Waals surface area contributed by atoms with E-state index in [-0.39, 0.29) is 19.4 Å². The Balaban J connectivity index is 2.00. The maximum absolute atomic E-state index is 11.9. The molecular weight excluding hydrogens is 262 g/mol. The largest absolute Gasteiger partial charge is 0.467 e. The highest BCUT2D eigenvalue weighted by atomic mass is 16.6. The van der Waals surface area contributed by atoms with Crippen LogP contribution in [0.3, 0.4) is 0 Å². The zero-order chi connectivity index (χ0) is 14.5. The second-order valence-corrected chi connectivity index (χ2v) is 4.38. The smallest absolute Gasteiger partial charge is 0.417 e. The van der Waals surface area contributed by atoms with E-state index in [4.69, 9.17) is 4.74 Å². The highest BCUT2D eigenvalue weighted by Crippen LogP contribution is 2.21. The third-order valence-corrected chi connectivity index (χ3v) is 3.09. The second kappa shape index (κ2) is 6.18. The molecule has 0 aliphatic carbocycles. The van der Waals surface area contributed by atoms with Crippen LogP contribution in [0.1, 0.15) is 18.4 Å². The van der Waals surface area contributed by atoms with E-state index in [9.17, 15) is 14.4 Å². The molecule has 0 bridgehead atoms. The summed E-state index contributed by atoms with van der Waals surface area (Å²) in [7, 11) is 1.22. The topological polar surface area (TPSA) is 72.9 Å². The number of likely N-dealkylation sites (tertiary alicyclic amines) is 1. The molecule has 1 heterocycles. The van der Waals surface area contributed by atoms with E-state index in [1.165, 1.54) is 7.11 Å². The monoisotopic (exact) mass is 277 g/mol. The summed E-state index contributed by atoms with van der Waals surface area (Å²) in [5.41, 5.74) is 0.808. The van der Waals surface area contributed by atoms with E-state index in [0.29, 0.717) is 0 Å². The van der Waals surface area contributed by atoms with Gasteiger partial charge in [0.25, 0.3) is 0 Å². The van der Waals surface area contributed by atoms with Gasteiger partial charge in [-0.2, -0.15) is 0 Å². The first kappa shape index (κ1) is 14.0. The Morgan fingerprint density at radius 2 is 2.00 bits per heavy atom. The van der Waals surface area contributed by atoms with Crippen LogP contribution >= 0.6 is 0 Å². The number of ether oxygens (including phenoxy) is 2. The molecule has 2 rings (SSSR count). The maximum atomic E-state index is 11.9. The van der Waals surface area contributed by atoms with E-state index in [0.717, 1.165) is 10.5 Å². The number of esters is 1. The van der Waals surface area contributed by atoms with Gasteiger partial charge in [-0.25, -0.2) is 14.5 Å². The lowest BCUT2D eigenvalue weighted by molar-refractivity contribution is -0.148. The molecule has 1 aromatic carbocycles. The van der Waals surface area contributed by atoms with Crippen LogP contribution in [0.25, 0.3) is 0 Å². The Kier molecular flexibility index (Phi) is 4.34. The maximum Gasteiger partial charge on any atom is 0.417 e. The average Bonchev–Trinajstić information content (AvgIpc) is 2.87. The summed E-state index contributed by atoms with van der Waals surface area (Å²) >= 11 is 0. The summed E-state index contributed by atoms with van der Waals surface area (Å²) in [6.07, 6.45) is -0.404. The fourth-order valence-corrected chi connectivity index (χ4v) is 2.06. The van der Waals surface area contributed by atoms with E-state index in [1.54, 1.807) is 12.1 Å². The van der Waals surface area contributed by atoms with Crippen molar-refractivity contribution in [2.45, 2.75) is 25.5 Å². The van der Waals surface area contributed by atoms with Crippen LogP contribution in [-0.4, -0.2) is 36.0 Å². The zero-order valence-electron chi connectivity index (χ0n) is 11.1. The normalized spacial score (nSPS) is 17.9. The first-order valence-corrected chi connectivity index (χ1v) is 6.24. The molecule has 2 amide bonds. The van der Waals surface area contributed by atoms with Gasteiger partial charge in [0.15, 0.2) is 0 Å². The molecule has 6 nitrogen and oxygen atoms in total. The molecule has 0 saturated carbocycles. The van der Waals surface area contributed by atoms with Crippen LogP contribution in [0, 0.1) is 0 Å². The van der Waals surface area contributed by atoms with Crippen molar-refractivity contribution in [2.24, 2.45) is 0 Å². The van der Waals surface area contributed by atoms with Gasteiger partial charge >= 0.3 is 12.1 Å². The third kappa shape index (κ3) is 2.96. The third-order valence-electron chi connectivity index (χ3n) is 3.09. The number of hydrogen-bond donors (Lipinski definition) is 0. The SMILES string of the molecule is COC(=O)C1CCC(=O)N1C(=O)OCc1ccccc1. The quantitative estimate of drug-likeness (QED) is 0.783. The average molecular weight is 277 g/mol. The molecule has 1 atom stereocenters. The summed E-state index contributed by atoms with van der Waals surface area (Å²) < 4.78 is 9.65. The van der Waals surface area contributed by atoms with Crippen molar-refractivity contribution >= 4 is 18.0 Å². The number of carbonyl (C=O) groups excluding carboxylic acids is 3. The van der Waals surface area contributed by atoms with Crippen LogP contribution in [-0.2, 0) is 25.7 Å². The van der Waals surface area contributed by atoms with Gasteiger partial charge in [-0.05, 0) is 12.0 Å². The number of imide groups is 1. The van der Waals surface area contributed by atoms with Gasteiger partial charge in [0.05, 0.1) is 7.11 Å². The van der Waals surface area contributed by atoms with Crippen molar-refractivity contribution in [3.8, 4) is 0 Å². The van der Waals surface area contributed by atoms with Crippen molar-refractivity contribution in [3.63, 3.8) is 0 Å². The van der Waals surface area contributed by atoms with Crippen LogP contribution in [0.2, 0.25) is 0 Å². The minimum Gasteiger partial charge on any atom is -0.467 e. The number of rotatable bonds is 3. The Morgan fingerprint density at radius 3 is 2.65 bits per heavy atom. The van der Waals surface area contributed by atoms with Gasteiger partial charge in [0.2, 0.25) is 5.91 Å². The predicted molar refractivity (Wildman–Crippen MR) is 68.5 cm³/mol. The van der Waals surface area contributed by atoms with Crippen molar-refractivity contribution in [3.05, 3.63) is 35.9 Å². The van der Waals surface area contributed by atoms with Crippen LogP contribution < -0.4 is 0 Å². The first-order chi connectivity index (χ1) is 9.63. The highest BCUT2D eigenvalue weighted by molar-refractivity contribution is 5.99. The minimum atomic E-state index is -0.879. The standard InChI is InChI=1S/C14H15NO5/c1-19-13(17)11-7-8-12(16)15(11)14(18)20-9-10-5-3-2-4-6-10/h2-6,11H,7-9H2,1H3. The fraction of sp³-hybridized carbons (Fsp3) is 0.357. The van der Waals surface area contributed by atoms with Crippen LogP contribution in [0.5, 0.6) is 0 Å². The molecule has 106 valence electrons. The van der Waals surface area contributed by atoms with E-state index >= 15 is 0 Å². The van der Waals surface area contributed by atoms with Crippen LogP contribution in [0.15, 0.2) is 30.3 Å². The molecule has 1 aliphatic rings. The summed E-state index contributed by atoms with van der Waals surface area (Å²) in [6, 6.07) is 8.22. The van der Waals surface area contributed by atoms with E-state index in [2.05, 4.69) is 4.74 Å². The Morgan fingerprint density at radius 1 is 1.30 bits per heavy atom. The van der Waals surface area contributed by atoms with Gasteiger partial charge in [-0.15, -0.1) is 0 Å². The molecule has 20 heavy (non-hydrogen) atoms. The molecule has 1 aromatic rings. The molecule has 0 aromatic heterocycles. The Hall–Kier alpha value is -2.37. The molecule has 1 unspecified atom stereocenters. The molecule has 0 radical (unpaired) electrons. The predicted octanol–water partition coefficient (Wildman–Crippen LogP) is 1.49. The van der Waals surface area contributed by atoms with Crippen LogP contribution in [0.4, 0.5) is 4.79 Å². The van der Waals surface area contributed by atoms with Crippen molar-refractivity contribution < 1.29 is 23.9 Å². The van der Waals surface area contributed by atoms with Crippen molar-refractivity contribution in [2.75, 3.05) is 7.11 Å². The number of nitrogens with zero attached hydrogens (tertiary/aromatic N) is 1. The van der Waals surface area contributed by atoms with Crippen molar-refractivity contribution in [1.82, 2.24) is 4.90 Å². The lowest BCUT2D eigenvalue weighted by Gasteiger charge is -2.20. The number of benzene rings is 1. The lowest BCUT2D eigenvalue weighted by atomic mass is 10.2. The summed E-state index contributed by atoms with van der Waals surface area (Å²) in [6.45, 7) is 0.0529. The van der Waals surface area contributed by atoms with Gasteiger partial charge < -0.3 is 9.47 Å². The highest BCUT2D eigenvalue weighted by Gasteiger charge is 2.41. The van der Waals surface area contributed by atoms with Gasteiger partial charge in [0, 0.05) is 6.42 Å². The summed E-state index contributed by atoms with van der Waals surface area (Å²) in [4.78, 5) is 36.0. The van der Waals surface area contributed by atoms with Gasteiger partial charge in [-0.1, -0.05) is 30.3 Å². The Bertz CT molecular complexity index is 514. The second-order valence-electron chi connectivity index (χ2n) is 4.38. The lowest BCUT2D eigenvalue weighted by Crippen LogP contribution is -2.43. The van der Waals surface area contributed by atoms with E-state index < -0.39 is 24.0 Å². The van der Waals surface area contributed by atoms with Gasteiger partial charge in [-0.3, -0.25) is 4.79 Å². The number of carbonyl (C=O) groups is 3.